The predicted molar refractivity (Wildman–Crippen MR) is 74.5 cm³/mol. The minimum atomic E-state index is 0.312. The molecule has 1 aliphatic rings. The van der Waals surface area contributed by atoms with Gasteiger partial charge in [0.05, 0.1) is 6.10 Å². The van der Waals surface area contributed by atoms with Crippen LogP contribution in [0.1, 0.15) is 18.9 Å². The second-order valence-corrected chi connectivity index (χ2v) is 5.83. The van der Waals surface area contributed by atoms with Gasteiger partial charge in [0.1, 0.15) is 0 Å². The van der Waals surface area contributed by atoms with Crippen molar-refractivity contribution >= 4 is 27.5 Å². The summed E-state index contributed by atoms with van der Waals surface area (Å²) in [5.41, 5.74) is 1.18. The molecule has 1 saturated heterocycles. The summed E-state index contributed by atoms with van der Waals surface area (Å²) in [6.45, 7) is 5.95. The quantitative estimate of drug-likeness (QED) is 0.824. The number of halogens is 2. The van der Waals surface area contributed by atoms with Crippen LogP contribution in [-0.2, 0) is 11.3 Å². The van der Waals surface area contributed by atoms with Crippen LogP contribution in [0.15, 0.2) is 22.7 Å². The Morgan fingerprint density at radius 3 is 3.12 bits per heavy atom. The van der Waals surface area contributed by atoms with Crippen LogP contribution >= 0.6 is 27.5 Å². The van der Waals surface area contributed by atoms with Crippen molar-refractivity contribution < 1.29 is 4.74 Å². The van der Waals surface area contributed by atoms with Gasteiger partial charge in [0, 0.05) is 35.7 Å². The summed E-state index contributed by atoms with van der Waals surface area (Å²) in [6.07, 6.45) is 1.41. The first kappa shape index (κ1) is 13.3. The highest BCUT2D eigenvalue weighted by Gasteiger charge is 2.16. The number of benzene rings is 1. The Labute approximate surface area is 116 Å². The number of nitrogens with zero attached hydrogens (tertiary/aromatic N) is 1. The van der Waals surface area contributed by atoms with Crippen molar-refractivity contribution in [2.45, 2.75) is 26.0 Å². The van der Waals surface area contributed by atoms with Crippen LogP contribution in [0.2, 0.25) is 5.02 Å². The van der Waals surface area contributed by atoms with Crippen LogP contribution in [0.3, 0.4) is 0 Å². The van der Waals surface area contributed by atoms with E-state index in [1.54, 1.807) is 0 Å². The van der Waals surface area contributed by atoms with E-state index in [1.165, 1.54) is 5.56 Å². The van der Waals surface area contributed by atoms with Gasteiger partial charge >= 0.3 is 0 Å². The molecule has 0 aromatic heterocycles. The Balaban J connectivity index is 2.03. The van der Waals surface area contributed by atoms with Crippen molar-refractivity contribution in [2.24, 2.45) is 0 Å². The SMILES string of the molecule is CC1CN(Cc2ccc(Br)cc2Cl)CCCO1. The maximum Gasteiger partial charge on any atom is 0.0674 e. The monoisotopic (exact) mass is 317 g/mol. The van der Waals surface area contributed by atoms with Gasteiger partial charge in [-0.25, -0.2) is 0 Å². The summed E-state index contributed by atoms with van der Waals surface area (Å²) in [6, 6.07) is 6.08. The normalized spacial score (nSPS) is 22.4. The van der Waals surface area contributed by atoms with E-state index in [-0.39, 0.29) is 0 Å². The van der Waals surface area contributed by atoms with Crippen LogP contribution in [0.4, 0.5) is 0 Å². The molecule has 17 heavy (non-hydrogen) atoms. The summed E-state index contributed by atoms with van der Waals surface area (Å²) < 4.78 is 6.66. The Bertz CT molecular complexity index is 386. The smallest absolute Gasteiger partial charge is 0.0674 e. The number of ether oxygens (including phenoxy) is 1. The average Bonchev–Trinajstić information content (AvgIpc) is 2.47. The molecule has 2 rings (SSSR count). The first-order valence-electron chi connectivity index (χ1n) is 5.93. The van der Waals surface area contributed by atoms with E-state index in [9.17, 15) is 0 Å². The number of hydrogen-bond acceptors (Lipinski definition) is 2. The summed E-state index contributed by atoms with van der Waals surface area (Å²) in [5.74, 6) is 0. The molecule has 0 bridgehead atoms. The van der Waals surface area contributed by atoms with Crippen LogP contribution in [0.5, 0.6) is 0 Å². The van der Waals surface area contributed by atoms with Gasteiger partial charge in [-0.3, -0.25) is 4.90 Å². The van der Waals surface area contributed by atoms with Crippen molar-refractivity contribution in [3.8, 4) is 0 Å². The molecule has 0 amide bonds. The Hall–Kier alpha value is -0.0900. The van der Waals surface area contributed by atoms with Crippen LogP contribution in [-0.4, -0.2) is 30.7 Å². The van der Waals surface area contributed by atoms with E-state index in [2.05, 4.69) is 33.8 Å². The molecule has 2 nitrogen and oxygen atoms in total. The second kappa shape index (κ2) is 6.19. The summed E-state index contributed by atoms with van der Waals surface area (Å²) in [4.78, 5) is 2.41. The minimum absolute atomic E-state index is 0.312. The molecule has 94 valence electrons. The van der Waals surface area contributed by atoms with E-state index >= 15 is 0 Å². The fourth-order valence-electron chi connectivity index (χ4n) is 2.11. The molecule has 0 saturated carbocycles. The highest BCUT2D eigenvalue weighted by atomic mass is 79.9. The molecule has 0 N–H and O–H groups in total. The van der Waals surface area contributed by atoms with Gasteiger partial charge in [-0.05, 0) is 31.0 Å². The maximum atomic E-state index is 6.24. The molecule has 1 heterocycles. The Kier molecular flexibility index (Phi) is 4.86. The Morgan fingerprint density at radius 1 is 1.53 bits per heavy atom. The third kappa shape index (κ3) is 3.95. The van der Waals surface area contributed by atoms with E-state index in [0.717, 1.165) is 42.2 Å². The highest BCUT2D eigenvalue weighted by molar-refractivity contribution is 9.10. The molecule has 4 heteroatoms. The van der Waals surface area contributed by atoms with Crippen LogP contribution in [0, 0.1) is 0 Å². The van der Waals surface area contributed by atoms with E-state index < -0.39 is 0 Å². The van der Waals surface area contributed by atoms with E-state index in [0.29, 0.717) is 6.10 Å². The molecule has 0 spiro atoms. The van der Waals surface area contributed by atoms with E-state index in [4.69, 9.17) is 16.3 Å². The first-order valence-corrected chi connectivity index (χ1v) is 7.10. The van der Waals surface area contributed by atoms with Crippen LogP contribution in [0.25, 0.3) is 0 Å². The van der Waals surface area contributed by atoms with Gasteiger partial charge in [0.2, 0.25) is 0 Å². The molecular formula is C13H17BrClNO. The number of hydrogen-bond donors (Lipinski definition) is 0. The first-order chi connectivity index (χ1) is 8.15. The molecule has 1 fully saturated rings. The molecule has 1 atom stereocenters. The lowest BCUT2D eigenvalue weighted by atomic mass is 10.2. The van der Waals surface area contributed by atoms with Gasteiger partial charge in [-0.1, -0.05) is 33.6 Å². The van der Waals surface area contributed by atoms with Crippen molar-refractivity contribution in [2.75, 3.05) is 19.7 Å². The lowest BCUT2D eigenvalue weighted by Gasteiger charge is -2.22. The maximum absolute atomic E-state index is 6.24. The fourth-order valence-corrected chi connectivity index (χ4v) is 2.85. The minimum Gasteiger partial charge on any atom is -0.377 e. The summed E-state index contributed by atoms with van der Waals surface area (Å²) >= 11 is 9.66. The average molecular weight is 319 g/mol. The molecular weight excluding hydrogens is 302 g/mol. The van der Waals surface area contributed by atoms with E-state index in [1.807, 2.05) is 12.1 Å². The van der Waals surface area contributed by atoms with Crippen LogP contribution < -0.4 is 0 Å². The molecule has 1 aromatic rings. The Morgan fingerprint density at radius 2 is 2.35 bits per heavy atom. The van der Waals surface area contributed by atoms with Gasteiger partial charge in [-0.2, -0.15) is 0 Å². The van der Waals surface area contributed by atoms with Gasteiger partial charge < -0.3 is 4.74 Å². The van der Waals surface area contributed by atoms with Crippen molar-refractivity contribution in [1.29, 1.82) is 0 Å². The zero-order chi connectivity index (χ0) is 12.3. The fraction of sp³-hybridized carbons (Fsp3) is 0.538. The summed E-state index contributed by atoms with van der Waals surface area (Å²) in [5, 5.41) is 0.831. The molecule has 1 aromatic carbocycles. The highest BCUT2D eigenvalue weighted by Crippen LogP contribution is 2.23. The number of rotatable bonds is 2. The molecule has 1 aliphatic heterocycles. The zero-order valence-electron chi connectivity index (χ0n) is 9.96. The van der Waals surface area contributed by atoms with Gasteiger partial charge in [0.15, 0.2) is 0 Å². The van der Waals surface area contributed by atoms with Crippen molar-refractivity contribution in [3.05, 3.63) is 33.3 Å². The largest absolute Gasteiger partial charge is 0.377 e. The standard InChI is InChI=1S/C13H17BrClNO/c1-10-8-16(5-2-6-17-10)9-11-3-4-12(14)7-13(11)15/h3-4,7,10H,2,5-6,8-9H2,1H3. The topological polar surface area (TPSA) is 12.5 Å². The molecule has 0 radical (unpaired) electrons. The second-order valence-electron chi connectivity index (χ2n) is 4.51. The lowest BCUT2D eigenvalue weighted by Crippen LogP contribution is -2.29. The summed E-state index contributed by atoms with van der Waals surface area (Å²) in [7, 11) is 0. The third-order valence-corrected chi connectivity index (χ3v) is 3.79. The van der Waals surface area contributed by atoms with Gasteiger partial charge in [0.25, 0.3) is 0 Å². The van der Waals surface area contributed by atoms with Gasteiger partial charge in [-0.15, -0.1) is 0 Å². The molecule has 0 aliphatic carbocycles. The molecule has 1 unspecified atom stereocenters. The third-order valence-electron chi connectivity index (χ3n) is 2.95. The van der Waals surface area contributed by atoms with Crippen molar-refractivity contribution in [3.63, 3.8) is 0 Å². The zero-order valence-corrected chi connectivity index (χ0v) is 12.3. The van der Waals surface area contributed by atoms with Crippen molar-refractivity contribution in [1.82, 2.24) is 4.90 Å². The predicted octanol–water partition coefficient (Wildman–Crippen LogP) is 3.71. The lowest BCUT2D eigenvalue weighted by molar-refractivity contribution is 0.0668.